The maximum absolute atomic E-state index is 13.3. The van der Waals surface area contributed by atoms with E-state index in [0.717, 1.165) is 12.1 Å². The Morgan fingerprint density at radius 2 is 2.11 bits per heavy atom. The molecule has 0 aromatic heterocycles. The zero-order chi connectivity index (χ0) is 13.8. The molecule has 1 aromatic rings. The van der Waals surface area contributed by atoms with E-state index in [2.05, 4.69) is 0 Å². The topological polar surface area (TPSA) is 83.5 Å². The van der Waals surface area contributed by atoms with Gasteiger partial charge in [-0.05, 0) is 24.6 Å². The molecule has 1 rings (SSSR count). The zero-order valence-electron chi connectivity index (χ0n) is 9.19. The van der Waals surface area contributed by atoms with Gasteiger partial charge in [0, 0.05) is 11.4 Å². The van der Waals surface area contributed by atoms with Gasteiger partial charge < -0.3 is 5.11 Å². The van der Waals surface area contributed by atoms with Gasteiger partial charge in [0.1, 0.15) is 5.82 Å². The van der Waals surface area contributed by atoms with Crippen LogP contribution in [0.1, 0.15) is 12.8 Å². The summed E-state index contributed by atoms with van der Waals surface area (Å²) in [5, 5.41) is 8.58. The van der Waals surface area contributed by atoms with E-state index < -0.39 is 27.6 Å². The van der Waals surface area contributed by atoms with Crippen LogP contribution in [0.3, 0.4) is 0 Å². The first-order valence-corrected chi connectivity index (χ1v) is 7.00. The molecule has 0 unspecified atom stereocenters. The predicted octanol–water partition coefficient (Wildman–Crippen LogP) is 2.09. The second-order valence-corrected chi connectivity index (χ2v) is 5.82. The van der Waals surface area contributed by atoms with Crippen molar-refractivity contribution < 1.29 is 22.7 Å². The van der Waals surface area contributed by atoms with Crippen molar-refractivity contribution >= 4 is 33.3 Å². The summed E-state index contributed by atoms with van der Waals surface area (Å²) in [6.07, 6.45) is -0.314. The van der Waals surface area contributed by atoms with E-state index in [4.69, 9.17) is 16.7 Å². The molecule has 1 aromatic carbocycles. The van der Waals surface area contributed by atoms with Crippen LogP contribution >= 0.6 is 11.6 Å². The van der Waals surface area contributed by atoms with Crippen LogP contribution in [0.2, 0.25) is 5.02 Å². The molecule has 0 heterocycles. The van der Waals surface area contributed by atoms with Crippen molar-refractivity contribution in [3.8, 4) is 0 Å². The fraction of sp³-hybridized carbons (Fsp3) is 0.300. The Labute approximate surface area is 109 Å². The Bertz CT molecular complexity index is 547. The highest BCUT2D eigenvalue weighted by atomic mass is 35.5. The Balaban J connectivity index is 2.70. The van der Waals surface area contributed by atoms with Crippen molar-refractivity contribution in [2.75, 3.05) is 10.5 Å². The van der Waals surface area contributed by atoms with Gasteiger partial charge in [0.05, 0.1) is 11.4 Å². The van der Waals surface area contributed by atoms with Crippen molar-refractivity contribution in [1.82, 2.24) is 0 Å². The third kappa shape index (κ3) is 4.89. The number of hydrogen-bond acceptors (Lipinski definition) is 3. The lowest BCUT2D eigenvalue weighted by molar-refractivity contribution is -0.137. The molecule has 0 aliphatic carbocycles. The van der Waals surface area contributed by atoms with Crippen LogP contribution < -0.4 is 4.72 Å². The molecule has 0 radical (unpaired) electrons. The fourth-order valence-electron chi connectivity index (χ4n) is 1.21. The van der Waals surface area contributed by atoms with Gasteiger partial charge in [-0.1, -0.05) is 11.6 Å². The van der Waals surface area contributed by atoms with Gasteiger partial charge >= 0.3 is 5.97 Å². The van der Waals surface area contributed by atoms with E-state index in [0.29, 0.717) is 0 Å². The summed E-state index contributed by atoms with van der Waals surface area (Å²) in [6, 6.07) is 3.47. The molecular formula is C10H11ClFNO4S. The number of halogens is 2. The van der Waals surface area contributed by atoms with Crippen LogP contribution in [0, 0.1) is 5.82 Å². The fourth-order valence-corrected chi connectivity index (χ4v) is 2.50. The third-order valence-corrected chi connectivity index (χ3v) is 3.59. The smallest absolute Gasteiger partial charge is 0.303 e. The molecule has 0 aliphatic rings. The first-order valence-electron chi connectivity index (χ1n) is 4.97. The van der Waals surface area contributed by atoms with Gasteiger partial charge in [0.2, 0.25) is 10.0 Å². The number of sulfonamides is 1. The van der Waals surface area contributed by atoms with E-state index in [1.54, 1.807) is 0 Å². The van der Waals surface area contributed by atoms with Gasteiger partial charge in [0.15, 0.2) is 0 Å². The standard InChI is InChI=1S/C10H11ClFNO4S/c11-7-3-4-8(12)9(6-7)13-18(16,17)5-1-2-10(14)15/h3-4,6,13H,1-2,5H2,(H,14,15). The number of carbonyl (C=O) groups is 1. The van der Waals surface area contributed by atoms with Gasteiger partial charge in [-0.25, -0.2) is 12.8 Å². The lowest BCUT2D eigenvalue weighted by Gasteiger charge is -2.08. The summed E-state index contributed by atoms with van der Waals surface area (Å²) in [7, 11) is -3.78. The molecule has 0 saturated heterocycles. The van der Waals surface area contributed by atoms with E-state index in [1.165, 1.54) is 6.07 Å². The molecule has 5 nitrogen and oxygen atoms in total. The van der Waals surface area contributed by atoms with Crippen LogP contribution in [-0.2, 0) is 14.8 Å². The Kier molecular flexibility index (Phi) is 4.92. The molecule has 0 bridgehead atoms. The summed E-state index contributed by atoms with van der Waals surface area (Å²) in [4.78, 5) is 10.2. The summed E-state index contributed by atoms with van der Waals surface area (Å²) in [6.45, 7) is 0. The van der Waals surface area contributed by atoms with E-state index in [-0.39, 0.29) is 23.6 Å². The second kappa shape index (κ2) is 6.01. The monoisotopic (exact) mass is 295 g/mol. The highest BCUT2D eigenvalue weighted by Gasteiger charge is 2.14. The van der Waals surface area contributed by atoms with E-state index in [1.807, 2.05) is 4.72 Å². The van der Waals surface area contributed by atoms with Gasteiger partial charge in [-0.3, -0.25) is 9.52 Å². The van der Waals surface area contributed by atoms with E-state index >= 15 is 0 Å². The normalized spacial score (nSPS) is 11.2. The van der Waals surface area contributed by atoms with Crippen LogP contribution in [0.25, 0.3) is 0 Å². The van der Waals surface area contributed by atoms with E-state index in [9.17, 15) is 17.6 Å². The largest absolute Gasteiger partial charge is 0.481 e. The Hall–Kier alpha value is -1.34. The first-order chi connectivity index (χ1) is 8.30. The van der Waals surface area contributed by atoms with Gasteiger partial charge in [-0.2, -0.15) is 0 Å². The van der Waals surface area contributed by atoms with Crippen LogP contribution in [0.5, 0.6) is 0 Å². The molecule has 2 N–H and O–H groups in total. The van der Waals surface area contributed by atoms with Crippen molar-refractivity contribution in [3.63, 3.8) is 0 Å². The van der Waals surface area contributed by atoms with Crippen molar-refractivity contribution in [2.24, 2.45) is 0 Å². The SMILES string of the molecule is O=C(O)CCCS(=O)(=O)Nc1cc(Cl)ccc1F. The maximum Gasteiger partial charge on any atom is 0.303 e. The number of benzene rings is 1. The van der Waals surface area contributed by atoms with Crippen LogP contribution in [-0.4, -0.2) is 25.2 Å². The highest BCUT2D eigenvalue weighted by Crippen LogP contribution is 2.20. The molecule has 8 heteroatoms. The second-order valence-electron chi connectivity index (χ2n) is 3.54. The minimum atomic E-state index is -3.78. The highest BCUT2D eigenvalue weighted by molar-refractivity contribution is 7.92. The van der Waals surface area contributed by atoms with Crippen molar-refractivity contribution in [2.45, 2.75) is 12.8 Å². The molecule has 100 valence electrons. The first kappa shape index (κ1) is 14.7. The molecule has 0 saturated carbocycles. The average molecular weight is 296 g/mol. The van der Waals surface area contributed by atoms with Crippen molar-refractivity contribution in [3.05, 3.63) is 29.0 Å². The average Bonchev–Trinajstić information content (AvgIpc) is 2.22. The summed E-state index contributed by atoms with van der Waals surface area (Å²) >= 11 is 5.61. The van der Waals surface area contributed by atoms with Crippen LogP contribution in [0.15, 0.2) is 18.2 Å². The number of carboxylic acid groups (broad SMARTS) is 1. The van der Waals surface area contributed by atoms with Crippen LogP contribution in [0.4, 0.5) is 10.1 Å². The van der Waals surface area contributed by atoms with Gasteiger partial charge in [-0.15, -0.1) is 0 Å². The number of rotatable bonds is 6. The summed E-state index contributed by atoms with van der Waals surface area (Å²) in [5.74, 6) is -2.23. The lowest BCUT2D eigenvalue weighted by atomic mass is 10.3. The Morgan fingerprint density at radius 3 is 2.72 bits per heavy atom. The summed E-state index contributed by atoms with van der Waals surface area (Å²) < 4.78 is 38.4. The minimum absolute atomic E-state index is 0.0488. The molecule has 0 amide bonds. The number of hydrogen-bond donors (Lipinski definition) is 2. The minimum Gasteiger partial charge on any atom is -0.481 e. The van der Waals surface area contributed by atoms with Crippen molar-refractivity contribution in [1.29, 1.82) is 0 Å². The Morgan fingerprint density at radius 1 is 1.44 bits per heavy atom. The number of anilines is 1. The molecule has 0 atom stereocenters. The molecule has 0 fully saturated rings. The lowest BCUT2D eigenvalue weighted by Crippen LogP contribution is -2.18. The number of nitrogens with one attached hydrogen (secondary N) is 1. The predicted molar refractivity (Wildman–Crippen MR) is 65.7 cm³/mol. The molecule has 0 spiro atoms. The zero-order valence-corrected chi connectivity index (χ0v) is 10.8. The maximum atomic E-state index is 13.3. The molecule has 0 aliphatic heterocycles. The molecular weight excluding hydrogens is 285 g/mol. The number of carboxylic acids is 1. The molecule has 18 heavy (non-hydrogen) atoms. The quantitative estimate of drug-likeness (QED) is 0.841. The van der Waals surface area contributed by atoms with Gasteiger partial charge in [0.25, 0.3) is 0 Å². The third-order valence-electron chi connectivity index (χ3n) is 2.00. The number of aliphatic carboxylic acids is 1. The summed E-state index contributed by atoms with van der Waals surface area (Å²) in [5.41, 5.74) is -0.252.